The van der Waals surface area contributed by atoms with Crippen LogP contribution in [0.4, 0.5) is 0 Å². The van der Waals surface area contributed by atoms with Gasteiger partial charge >= 0.3 is 11.9 Å². The van der Waals surface area contributed by atoms with Gasteiger partial charge in [0.15, 0.2) is 0 Å². The molecule has 0 aromatic rings. The van der Waals surface area contributed by atoms with E-state index in [1.807, 2.05) is 0 Å². The molecule has 0 saturated heterocycles. The number of ketones is 1. The molecule has 0 aliphatic heterocycles. The van der Waals surface area contributed by atoms with Gasteiger partial charge in [-0.2, -0.15) is 0 Å². The Morgan fingerprint density at radius 2 is 1.79 bits per heavy atom. The van der Waals surface area contributed by atoms with Crippen molar-refractivity contribution in [2.45, 2.75) is 32.4 Å². The van der Waals surface area contributed by atoms with Gasteiger partial charge in [0.1, 0.15) is 11.8 Å². The molecule has 0 fully saturated rings. The summed E-state index contributed by atoms with van der Waals surface area (Å²) in [5, 5.41) is 19.4. The third-order valence-electron chi connectivity index (χ3n) is 1.74. The summed E-state index contributed by atoms with van der Waals surface area (Å²) in [4.78, 5) is 31.6. The number of carboxylic acids is 2. The molecule has 0 aromatic heterocycles. The molecule has 0 rings (SSSR count). The lowest BCUT2D eigenvalue weighted by Crippen LogP contribution is -2.46. The van der Waals surface area contributed by atoms with E-state index in [2.05, 4.69) is 5.32 Å². The fraction of sp³-hybridized carbons (Fsp3) is 0.625. The quantitative estimate of drug-likeness (QED) is 0.536. The number of hydrogen-bond acceptors (Lipinski definition) is 4. The lowest BCUT2D eigenvalue weighted by Gasteiger charge is -2.16. The Morgan fingerprint density at radius 1 is 1.29 bits per heavy atom. The van der Waals surface area contributed by atoms with Crippen LogP contribution < -0.4 is 5.32 Å². The van der Waals surface area contributed by atoms with Crippen molar-refractivity contribution in [2.24, 2.45) is 0 Å². The molecule has 14 heavy (non-hydrogen) atoms. The standard InChI is InChI=1S/C8H13NO5/c1-4(5(2)10)9-6(8(13)14)3-7(11)12/h4,6,9H,3H2,1-2H3,(H,11,12)(H,13,14)/t4?,6-/m0/s1. The minimum atomic E-state index is -1.28. The summed E-state index contributed by atoms with van der Waals surface area (Å²) >= 11 is 0. The third kappa shape index (κ3) is 4.56. The number of rotatable bonds is 6. The second-order valence-corrected chi connectivity index (χ2v) is 2.99. The zero-order valence-electron chi connectivity index (χ0n) is 7.98. The van der Waals surface area contributed by atoms with Crippen LogP contribution in [0, 0.1) is 0 Å². The van der Waals surface area contributed by atoms with E-state index in [1.165, 1.54) is 13.8 Å². The molecule has 6 nitrogen and oxygen atoms in total. The minimum absolute atomic E-state index is 0.235. The minimum Gasteiger partial charge on any atom is -0.481 e. The average Bonchev–Trinajstić information content (AvgIpc) is 2.01. The Morgan fingerprint density at radius 3 is 2.07 bits per heavy atom. The number of Topliss-reactive ketones (excluding diaryl/α,β-unsaturated/α-hetero) is 1. The van der Waals surface area contributed by atoms with Gasteiger partial charge in [-0.15, -0.1) is 0 Å². The lowest BCUT2D eigenvalue weighted by atomic mass is 10.1. The Bertz CT molecular complexity index is 250. The first-order chi connectivity index (χ1) is 6.34. The van der Waals surface area contributed by atoms with E-state index >= 15 is 0 Å². The maximum absolute atomic E-state index is 10.8. The Labute approximate surface area is 80.9 Å². The van der Waals surface area contributed by atoms with Crippen molar-refractivity contribution in [3.8, 4) is 0 Å². The molecular weight excluding hydrogens is 190 g/mol. The zero-order valence-corrected chi connectivity index (χ0v) is 7.98. The predicted octanol–water partition coefficient (Wildman–Crippen LogP) is -0.519. The Kier molecular flexibility index (Phi) is 4.79. The predicted molar refractivity (Wildman–Crippen MR) is 47.0 cm³/mol. The maximum Gasteiger partial charge on any atom is 0.321 e. The third-order valence-corrected chi connectivity index (χ3v) is 1.74. The van der Waals surface area contributed by atoms with Crippen molar-refractivity contribution in [1.29, 1.82) is 0 Å². The molecule has 0 amide bonds. The summed E-state index contributed by atoms with van der Waals surface area (Å²) in [7, 11) is 0. The topological polar surface area (TPSA) is 104 Å². The van der Waals surface area contributed by atoms with Crippen molar-refractivity contribution < 1.29 is 24.6 Å². The van der Waals surface area contributed by atoms with Crippen molar-refractivity contribution in [2.75, 3.05) is 0 Å². The van der Waals surface area contributed by atoms with E-state index in [9.17, 15) is 14.4 Å². The molecule has 2 atom stereocenters. The van der Waals surface area contributed by atoms with Crippen LogP contribution in [0.15, 0.2) is 0 Å². The van der Waals surface area contributed by atoms with E-state index in [4.69, 9.17) is 10.2 Å². The van der Waals surface area contributed by atoms with Gasteiger partial charge < -0.3 is 10.2 Å². The van der Waals surface area contributed by atoms with Crippen LogP contribution in [0.5, 0.6) is 0 Å². The number of nitrogens with one attached hydrogen (secondary N) is 1. The van der Waals surface area contributed by atoms with Crippen molar-refractivity contribution in [1.82, 2.24) is 5.32 Å². The molecule has 6 heteroatoms. The molecule has 0 saturated carbocycles. The highest BCUT2D eigenvalue weighted by Crippen LogP contribution is 1.96. The largest absolute Gasteiger partial charge is 0.481 e. The summed E-state index contributed by atoms with van der Waals surface area (Å²) in [5.74, 6) is -2.73. The van der Waals surface area contributed by atoms with E-state index in [1.54, 1.807) is 0 Å². The molecule has 80 valence electrons. The van der Waals surface area contributed by atoms with Crippen LogP contribution in [0.25, 0.3) is 0 Å². The van der Waals surface area contributed by atoms with Crippen molar-refractivity contribution >= 4 is 17.7 Å². The first-order valence-electron chi connectivity index (χ1n) is 4.05. The monoisotopic (exact) mass is 203 g/mol. The second kappa shape index (κ2) is 5.33. The number of carboxylic acid groups (broad SMARTS) is 2. The second-order valence-electron chi connectivity index (χ2n) is 2.99. The van der Waals surface area contributed by atoms with Gasteiger partial charge in [-0.3, -0.25) is 19.7 Å². The molecule has 3 N–H and O–H groups in total. The number of aliphatic carboxylic acids is 2. The SMILES string of the molecule is CC(=O)C(C)N[C@@H](CC(=O)O)C(=O)O. The molecule has 0 spiro atoms. The molecule has 0 radical (unpaired) electrons. The summed E-state index contributed by atoms with van der Waals surface area (Å²) in [6.07, 6.45) is -0.549. The van der Waals surface area contributed by atoms with E-state index in [0.29, 0.717) is 0 Å². The van der Waals surface area contributed by atoms with Gasteiger partial charge in [0, 0.05) is 0 Å². The van der Waals surface area contributed by atoms with Gasteiger partial charge in [-0.25, -0.2) is 0 Å². The Balaban J connectivity index is 4.30. The molecule has 0 aliphatic carbocycles. The Hall–Kier alpha value is -1.43. The average molecular weight is 203 g/mol. The van der Waals surface area contributed by atoms with Gasteiger partial charge in [-0.1, -0.05) is 0 Å². The van der Waals surface area contributed by atoms with Gasteiger partial charge in [0.25, 0.3) is 0 Å². The van der Waals surface area contributed by atoms with Crippen LogP contribution >= 0.6 is 0 Å². The van der Waals surface area contributed by atoms with Crippen molar-refractivity contribution in [3.63, 3.8) is 0 Å². The highest BCUT2D eigenvalue weighted by Gasteiger charge is 2.23. The summed E-state index contributed by atoms with van der Waals surface area (Å²) in [6.45, 7) is 2.79. The fourth-order valence-corrected chi connectivity index (χ4v) is 0.811. The van der Waals surface area contributed by atoms with Crippen molar-refractivity contribution in [3.05, 3.63) is 0 Å². The first kappa shape index (κ1) is 12.6. The molecule has 1 unspecified atom stereocenters. The summed E-state index contributed by atoms with van der Waals surface area (Å²) < 4.78 is 0. The van der Waals surface area contributed by atoms with Crippen LogP contribution in [0.2, 0.25) is 0 Å². The van der Waals surface area contributed by atoms with Crippen LogP contribution in [-0.2, 0) is 14.4 Å². The molecule has 0 aromatic carbocycles. The smallest absolute Gasteiger partial charge is 0.321 e. The molecule has 0 aliphatic rings. The van der Waals surface area contributed by atoms with Crippen LogP contribution in [0.3, 0.4) is 0 Å². The normalized spacial score (nSPS) is 14.4. The van der Waals surface area contributed by atoms with Crippen LogP contribution in [0.1, 0.15) is 20.3 Å². The molecule has 0 heterocycles. The number of carbonyl (C=O) groups is 3. The van der Waals surface area contributed by atoms with Gasteiger partial charge in [0.05, 0.1) is 12.5 Å². The van der Waals surface area contributed by atoms with E-state index < -0.39 is 30.4 Å². The van der Waals surface area contributed by atoms with Gasteiger partial charge in [0.2, 0.25) is 0 Å². The van der Waals surface area contributed by atoms with Crippen LogP contribution in [-0.4, -0.2) is 40.0 Å². The summed E-state index contributed by atoms with van der Waals surface area (Å²) in [6, 6.07) is -1.89. The van der Waals surface area contributed by atoms with E-state index in [0.717, 1.165) is 0 Å². The van der Waals surface area contributed by atoms with E-state index in [-0.39, 0.29) is 5.78 Å². The first-order valence-corrected chi connectivity index (χ1v) is 4.05. The number of carbonyl (C=O) groups excluding carboxylic acids is 1. The molecule has 0 bridgehead atoms. The zero-order chi connectivity index (χ0) is 11.3. The summed E-state index contributed by atoms with van der Waals surface area (Å²) in [5.41, 5.74) is 0. The molecular formula is C8H13NO5. The maximum atomic E-state index is 10.8. The number of hydrogen-bond donors (Lipinski definition) is 3. The highest BCUT2D eigenvalue weighted by molar-refractivity contribution is 5.84. The highest BCUT2D eigenvalue weighted by atomic mass is 16.4. The van der Waals surface area contributed by atoms with Gasteiger partial charge in [-0.05, 0) is 13.8 Å². The lowest BCUT2D eigenvalue weighted by molar-refractivity contribution is -0.146. The fourth-order valence-electron chi connectivity index (χ4n) is 0.811.